The summed E-state index contributed by atoms with van der Waals surface area (Å²) in [5.41, 5.74) is 2.19. The summed E-state index contributed by atoms with van der Waals surface area (Å²) in [5.74, 6) is 0.404. The molecule has 0 saturated heterocycles. The van der Waals surface area contributed by atoms with E-state index in [2.05, 4.69) is 30.5 Å². The number of nitrogens with zero attached hydrogens (tertiary/aromatic N) is 1. The molecular weight excluding hydrogens is 266 g/mol. The highest BCUT2D eigenvalue weighted by atomic mass is 16.5. The van der Waals surface area contributed by atoms with Crippen molar-refractivity contribution < 1.29 is 9.53 Å². The second-order valence-corrected chi connectivity index (χ2v) is 4.94. The third kappa shape index (κ3) is 5.84. The Balaban J connectivity index is 2.72. The normalized spacial score (nSPS) is 11.5. The molecule has 0 aliphatic heterocycles. The highest BCUT2D eigenvalue weighted by Crippen LogP contribution is 2.26. The molecule has 1 rings (SSSR count). The predicted octanol–water partition coefficient (Wildman–Crippen LogP) is 2.07. The molecule has 5 heteroatoms. The molecule has 1 atom stereocenters. The van der Waals surface area contributed by atoms with Gasteiger partial charge < -0.3 is 15.4 Å². The molecule has 1 aromatic rings. The van der Waals surface area contributed by atoms with Gasteiger partial charge in [-0.1, -0.05) is 24.6 Å². The second-order valence-electron chi connectivity index (χ2n) is 4.94. The fraction of sp³-hybridized carbons (Fsp3) is 0.500. The van der Waals surface area contributed by atoms with E-state index in [0.717, 1.165) is 24.1 Å². The van der Waals surface area contributed by atoms with Crippen LogP contribution in [0.25, 0.3) is 0 Å². The Hall–Kier alpha value is -2.06. The largest absolute Gasteiger partial charge is 0.483 e. The van der Waals surface area contributed by atoms with Crippen LogP contribution in [0.15, 0.2) is 18.2 Å². The molecule has 114 valence electrons. The van der Waals surface area contributed by atoms with Gasteiger partial charge in [0.25, 0.3) is 5.91 Å². The van der Waals surface area contributed by atoms with E-state index < -0.39 is 0 Å². The molecule has 0 bridgehead atoms. The Morgan fingerprint density at radius 3 is 2.90 bits per heavy atom. The minimum Gasteiger partial charge on any atom is -0.483 e. The molecule has 1 unspecified atom stereocenters. The maximum Gasteiger partial charge on any atom is 0.258 e. The Kier molecular flexibility index (Phi) is 7.27. The second kappa shape index (κ2) is 8.98. The first-order valence-corrected chi connectivity index (χ1v) is 7.18. The maximum absolute atomic E-state index is 11.5. The summed E-state index contributed by atoms with van der Waals surface area (Å²) < 4.78 is 5.59. The molecule has 2 N–H and O–H groups in total. The van der Waals surface area contributed by atoms with Crippen LogP contribution in [0, 0.1) is 18.3 Å². The molecule has 0 aliphatic carbocycles. The average Bonchev–Trinajstić information content (AvgIpc) is 2.49. The molecule has 21 heavy (non-hydrogen) atoms. The minimum atomic E-state index is -0.294. The number of carbonyl (C=O) groups excluding carboxylic acids is 1. The molecule has 0 heterocycles. The number of carbonyl (C=O) groups is 1. The van der Waals surface area contributed by atoms with Gasteiger partial charge in [0.1, 0.15) is 12.3 Å². The number of hydrogen-bond acceptors (Lipinski definition) is 4. The van der Waals surface area contributed by atoms with Crippen molar-refractivity contribution in [3.05, 3.63) is 29.3 Å². The van der Waals surface area contributed by atoms with Gasteiger partial charge in [0.2, 0.25) is 0 Å². The molecule has 0 aromatic heterocycles. The van der Waals surface area contributed by atoms with Crippen LogP contribution in [0.1, 0.15) is 37.4 Å². The lowest BCUT2D eigenvalue weighted by atomic mass is 10.0. The number of ether oxygens (including phenoxy) is 1. The number of nitrogens with one attached hydrogen (secondary N) is 2. The van der Waals surface area contributed by atoms with Gasteiger partial charge in [-0.05, 0) is 32.9 Å². The number of amides is 1. The molecular formula is C16H23N3O2. The van der Waals surface area contributed by atoms with E-state index in [4.69, 9.17) is 10.00 Å². The summed E-state index contributed by atoms with van der Waals surface area (Å²) >= 11 is 0. The van der Waals surface area contributed by atoms with Gasteiger partial charge in [0.05, 0.1) is 6.07 Å². The van der Waals surface area contributed by atoms with Crippen LogP contribution in [0.2, 0.25) is 0 Å². The van der Waals surface area contributed by atoms with E-state index in [1.165, 1.54) is 0 Å². The number of benzene rings is 1. The maximum atomic E-state index is 11.5. The Morgan fingerprint density at radius 2 is 2.24 bits per heavy atom. The van der Waals surface area contributed by atoms with E-state index in [-0.39, 0.29) is 25.1 Å². The van der Waals surface area contributed by atoms with Crippen molar-refractivity contribution in [1.82, 2.24) is 10.6 Å². The van der Waals surface area contributed by atoms with Gasteiger partial charge in [-0.25, -0.2) is 0 Å². The fourth-order valence-electron chi connectivity index (χ4n) is 1.94. The van der Waals surface area contributed by atoms with E-state index in [1.807, 2.05) is 25.1 Å². The summed E-state index contributed by atoms with van der Waals surface area (Å²) in [6.07, 6.45) is 1.06. The number of aryl methyl sites for hydroxylation is 1. The van der Waals surface area contributed by atoms with Gasteiger partial charge >= 0.3 is 0 Å². The van der Waals surface area contributed by atoms with Crippen LogP contribution in [-0.4, -0.2) is 25.6 Å². The SMILES string of the molecule is CCCNC(C)c1cc(C)ccc1OCC(=O)NCC#N. The van der Waals surface area contributed by atoms with Crippen molar-refractivity contribution >= 4 is 5.91 Å². The zero-order valence-electron chi connectivity index (χ0n) is 12.9. The first-order chi connectivity index (χ1) is 10.1. The molecule has 1 amide bonds. The Bertz CT molecular complexity index is 509. The summed E-state index contributed by atoms with van der Waals surface area (Å²) in [6, 6.07) is 7.92. The topological polar surface area (TPSA) is 74.2 Å². The predicted molar refractivity (Wildman–Crippen MR) is 82.0 cm³/mol. The number of rotatable bonds is 8. The molecule has 0 fully saturated rings. The van der Waals surface area contributed by atoms with Crippen molar-refractivity contribution in [3.8, 4) is 11.8 Å². The third-order valence-electron chi connectivity index (χ3n) is 3.06. The van der Waals surface area contributed by atoms with Gasteiger partial charge in [0, 0.05) is 11.6 Å². The molecule has 0 aliphatic rings. The summed E-state index contributed by atoms with van der Waals surface area (Å²) in [5, 5.41) is 14.3. The molecule has 0 spiro atoms. The molecule has 0 radical (unpaired) electrons. The zero-order valence-corrected chi connectivity index (χ0v) is 12.9. The van der Waals surface area contributed by atoms with E-state index in [1.54, 1.807) is 0 Å². The van der Waals surface area contributed by atoms with E-state index in [0.29, 0.717) is 5.75 Å². The van der Waals surface area contributed by atoms with Gasteiger partial charge in [-0.2, -0.15) is 5.26 Å². The number of hydrogen-bond donors (Lipinski definition) is 2. The monoisotopic (exact) mass is 289 g/mol. The fourth-order valence-corrected chi connectivity index (χ4v) is 1.94. The third-order valence-corrected chi connectivity index (χ3v) is 3.06. The molecule has 0 saturated carbocycles. The number of nitriles is 1. The van der Waals surface area contributed by atoms with Gasteiger partial charge in [0.15, 0.2) is 6.61 Å². The summed E-state index contributed by atoms with van der Waals surface area (Å²) in [7, 11) is 0. The summed E-state index contributed by atoms with van der Waals surface area (Å²) in [6.45, 7) is 7.06. The molecule has 1 aromatic carbocycles. The lowest BCUT2D eigenvalue weighted by molar-refractivity contribution is -0.122. The zero-order chi connectivity index (χ0) is 15.7. The van der Waals surface area contributed by atoms with Crippen molar-refractivity contribution in [1.29, 1.82) is 5.26 Å². The standard InChI is InChI=1S/C16H23N3O2/c1-4-8-18-13(3)14-10-12(2)5-6-15(14)21-11-16(20)19-9-7-17/h5-6,10,13,18H,4,8-9,11H2,1-3H3,(H,19,20). The van der Waals surface area contributed by atoms with E-state index >= 15 is 0 Å². The van der Waals surface area contributed by atoms with Crippen molar-refractivity contribution in [3.63, 3.8) is 0 Å². The lowest BCUT2D eigenvalue weighted by Crippen LogP contribution is -2.29. The smallest absolute Gasteiger partial charge is 0.258 e. The van der Waals surface area contributed by atoms with Gasteiger partial charge in [-0.3, -0.25) is 4.79 Å². The van der Waals surface area contributed by atoms with Crippen molar-refractivity contribution in [2.75, 3.05) is 19.7 Å². The highest BCUT2D eigenvalue weighted by Gasteiger charge is 2.12. The first kappa shape index (κ1) is 17.0. The highest BCUT2D eigenvalue weighted by molar-refractivity contribution is 5.77. The van der Waals surface area contributed by atoms with Crippen LogP contribution in [0.5, 0.6) is 5.75 Å². The Morgan fingerprint density at radius 1 is 1.48 bits per heavy atom. The van der Waals surface area contributed by atoms with E-state index in [9.17, 15) is 4.79 Å². The van der Waals surface area contributed by atoms with Crippen LogP contribution >= 0.6 is 0 Å². The van der Waals surface area contributed by atoms with Crippen LogP contribution in [-0.2, 0) is 4.79 Å². The molecule has 5 nitrogen and oxygen atoms in total. The summed E-state index contributed by atoms with van der Waals surface area (Å²) in [4.78, 5) is 11.5. The Labute approximate surface area is 126 Å². The van der Waals surface area contributed by atoms with Crippen LogP contribution < -0.4 is 15.4 Å². The first-order valence-electron chi connectivity index (χ1n) is 7.18. The van der Waals surface area contributed by atoms with Crippen molar-refractivity contribution in [2.45, 2.75) is 33.2 Å². The minimum absolute atomic E-state index is 0.00257. The van der Waals surface area contributed by atoms with Crippen LogP contribution in [0.3, 0.4) is 0 Å². The van der Waals surface area contributed by atoms with Crippen molar-refractivity contribution in [2.24, 2.45) is 0 Å². The average molecular weight is 289 g/mol. The quantitative estimate of drug-likeness (QED) is 0.719. The lowest BCUT2D eigenvalue weighted by Gasteiger charge is -2.18. The van der Waals surface area contributed by atoms with Crippen LogP contribution in [0.4, 0.5) is 0 Å². The van der Waals surface area contributed by atoms with Gasteiger partial charge in [-0.15, -0.1) is 0 Å².